The average molecular weight is 445 g/mol. The second-order valence-electron chi connectivity index (χ2n) is 6.47. The molecular formula is C21H18Cl2N4O3. The summed E-state index contributed by atoms with van der Waals surface area (Å²) in [6, 6.07) is 15.9. The number of aromatic nitrogens is 2. The van der Waals surface area contributed by atoms with E-state index in [2.05, 4.69) is 15.7 Å². The Hall–Kier alpha value is -3.16. The number of para-hydroxylation sites is 1. The molecule has 0 saturated heterocycles. The van der Waals surface area contributed by atoms with Crippen molar-refractivity contribution in [2.75, 3.05) is 5.32 Å². The van der Waals surface area contributed by atoms with Crippen LogP contribution in [0.2, 0.25) is 10.0 Å². The molecular weight excluding hydrogens is 427 g/mol. The SMILES string of the molecule is CC(NC(=O)c1ccccc1NC(=O)Cn1ncc(Cl)c(Cl)c1=O)c1ccccc1. The van der Waals surface area contributed by atoms with E-state index in [9.17, 15) is 14.4 Å². The van der Waals surface area contributed by atoms with E-state index >= 15 is 0 Å². The Bertz CT molecular complexity index is 1130. The van der Waals surface area contributed by atoms with Crippen LogP contribution >= 0.6 is 23.2 Å². The van der Waals surface area contributed by atoms with Gasteiger partial charge in [-0.15, -0.1) is 0 Å². The van der Waals surface area contributed by atoms with Crippen LogP contribution in [0.1, 0.15) is 28.9 Å². The molecule has 9 heteroatoms. The summed E-state index contributed by atoms with van der Waals surface area (Å²) in [5.41, 5.74) is 0.885. The molecule has 0 aliphatic heterocycles. The Balaban J connectivity index is 1.73. The van der Waals surface area contributed by atoms with Crippen LogP contribution in [0, 0.1) is 0 Å². The van der Waals surface area contributed by atoms with E-state index in [1.165, 1.54) is 6.20 Å². The lowest BCUT2D eigenvalue weighted by atomic mass is 10.1. The lowest BCUT2D eigenvalue weighted by Gasteiger charge is -2.16. The summed E-state index contributed by atoms with van der Waals surface area (Å²) in [7, 11) is 0. The van der Waals surface area contributed by atoms with Gasteiger partial charge in [0.2, 0.25) is 5.91 Å². The molecule has 0 aliphatic rings. The van der Waals surface area contributed by atoms with E-state index in [-0.39, 0.29) is 28.5 Å². The first kappa shape index (κ1) is 21.5. The van der Waals surface area contributed by atoms with Crippen molar-refractivity contribution in [3.8, 4) is 0 Å². The molecule has 0 aliphatic carbocycles. The first-order valence-electron chi connectivity index (χ1n) is 9.02. The summed E-state index contributed by atoms with van der Waals surface area (Å²) in [6.45, 7) is 1.49. The molecule has 1 aromatic heterocycles. The van der Waals surface area contributed by atoms with Crippen LogP contribution in [-0.4, -0.2) is 21.6 Å². The number of halogens is 2. The van der Waals surface area contributed by atoms with Gasteiger partial charge in [0.15, 0.2) is 0 Å². The number of nitrogens with one attached hydrogen (secondary N) is 2. The third-order valence-corrected chi connectivity index (χ3v) is 5.08. The van der Waals surface area contributed by atoms with Crippen LogP contribution in [0.3, 0.4) is 0 Å². The van der Waals surface area contributed by atoms with Crippen molar-refractivity contribution in [1.29, 1.82) is 0 Å². The van der Waals surface area contributed by atoms with Crippen molar-refractivity contribution >= 4 is 40.7 Å². The number of carbonyl (C=O) groups excluding carboxylic acids is 2. The van der Waals surface area contributed by atoms with Gasteiger partial charge in [-0.2, -0.15) is 5.10 Å². The maximum Gasteiger partial charge on any atom is 0.287 e. The number of nitrogens with zero attached hydrogens (tertiary/aromatic N) is 2. The number of amides is 2. The van der Waals surface area contributed by atoms with E-state index in [4.69, 9.17) is 23.2 Å². The van der Waals surface area contributed by atoms with Crippen molar-refractivity contribution in [1.82, 2.24) is 15.1 Å². The molecule has 3 rings (SSSR count). The van der Waals surface area contributed by atoms with E-state index < -0.39 is 11.5 Å². The van der Waals surface area contributed by atoms with Gasteiger partial charge in [0, 0.05) is 0 Å². The fraction of sp³-hybridized carbons (Fsp3) is 0.143. The van der Waals surface area contributed by atoms with Gasteiger partial charge in [-0.3, -0.25) is 14.4 Å². The van der Waals surface area contributed by atoms with Crippen molar-refractivity contribution in [3.05, 3.63) is 92.3 Å². The largest absolute Gasteiger partial charge is 0.345 e. The molecule has 0 bridgehead atoms. The number of benzene rings is 2. The highest BCUT2D eigenvalue weighted by Gasteiger charge is 2.17. The van der Waals surface area contributed by atoms with Crippen molar-refractivity contribution < 1.29 is 9.59 Å². The Morgan fingerprint density at radius 2 is 1.73 bits per heavy atom. The fourth-order valence-corrected chi connectivity index (χ4v) is 3.04. The molecule has 0 spiro atoms. The van der Waals surface area contributed by atoms with Gasteiger partial charge < -0.3 is 10.6 Å². The van der Waals surface area contributed by atoms with Gasteiger partial charge in [0.1, 0.15) is 11.6 Å². The highest BCUT2D eigenvalue weighted by Crippen LogP contribution is 2.18. The molecule has 2 amide bonds. The topological polar surface area (TPSA) is 93.1 Å². The summed E-state index contributed by atoms with van der Waals surface area (Å²) in [6.07, 6.45) is 1.19. The molecule has 7 nitrogen and oxygen atoms in total. The van der Waals surface area contributed by atoms with E-state index in [0.29, 0.717) is 11.3 Å². The molecule has 2 aromatic carbocycles. The zero-order valence-corrected chi connectivity index (χ0v) is 17.4. The van der Waals surface area contributed by atoms with Crippen molar-refractivity contribution in [3.63, 3.8) is 0 Å². The summed E-state index contributed by atoms with van der Waals surface area (Å²) in [5, 5.41) is 9.14. The minimum absolute atomic E-state index is 0.00729. The number of anilines is 1. The minimum Gasteiger partial charge on any atom is -0.345 e. The predicted octanol–water partition coefficient (Wildman–Crippen LogP) is 3.68. The number of hydrogen-bond acceptors (Lipinski definition) is 4. The van der Waals surface area contributed by atoms with Crippen LogP contribution in [0.4, 0.5) is 5.69 Å². The average Bonchev–Trinajstić information content (AvgIpc) is 2.75. The van der Waals surface area contributed by atoms with E-state index in [1.54, 1.807) is 24.3 Å². The predicted molar refractivity (Wildman–Crippen MR) is 116 cm³/mol. The highest BCUT2D eigenvalue weighted by molar-refractivity contribution is 6.41. The standard InChI is InChI=1S/C21H18Cl2N4O3/c1-13(14-7-3-2-4-8-14)25-20(29)15-9-5-6-10-17(15)26-18(28)12-27-21(30)19(23)16(22)11-24-27/h2-11,13H,12H2,1H3,(H,25,29)(H,26,28). The molecule has 1 heterocycles. The molecule has 154 valence electrons. The molecule has 0 radical (unpaired) electrons. The maximum absolute atomic E-state index is 12.8. The van der Waals surface area contributed by atoms with Gasteiger partial charge in [0.05, 0.1) is 28.5 Å². The molecule has 0 fully saturated rings. The van der Waals surface area contributed by atoms with Crippen LogP contribution in [0.15, 0.2) is 65.6 Å². The summed E-state index contributed by atoms with van der Waals surface area (Å²) in [5.74, 6) is -0.883. The molecule has 3 aromatic rings. The highest BCUT2D eigenvalue weighted by atomic mass is 35.5. The fourth-order valence-electron chi connectivity index (χ4n) is 2.77. The zero-order valence-electron chi connectivity index (χ0n) is 15.9. The number of rotatable bonds is 6. The van der Waals surface area contributed by atoms with Crippen LogP contribution in [0.5, 0.6) is 0 Å². The smallest absolute Gasteiger partial charge is 0.287 e. The Kier molecular flexibility index (Phi) is 6.87. The Labute approximate surface area is 182 Å². The maximum atomic E-state index is 12.8. The van der Waals surface area contributed by atoms with Gasteiger partial charge in [-0.05, 0) is 24.6 Å². The number of hydrogen-bond donors (Lipinski definition) is 2. The van der Waals surface area contributed by atoms with Gasteiger partial charge in [-0.25, -0.2) is 4.68 Å². The second-order valence-corrected chi connectivity index (χ2v) is 7.25. The van der Waals surface area contributed by atoms with E-state index in [1.807, 2.05) is 37.3 Å². The monoisotopic (exact) mass is 444 g/mol. The summed E-state index contributed by atoms with van der Waals surface area (Å²) in [4.78, 5) is 37.2. The molecule has 30 heavy (non-hydrogen) atoms. The van der Waals surface area contributed by atoms with E-state index in [0.717, 1.165) is 10.2 Å². The van der Waals surface area contributed by atoms with Gasteiger partial charge in [-0.1, -0.05) is 65.7 Å². The van der Waals surface area contributed by atoms with Crippen LogP contribution in [-0.2, 0) is 11.3 Å². The third-order valence-electron chi connectivity index (χ3n) is 4.33. The van der Waals surface area contributed by atoms with Gasteiger partial charge in [0.25, 0.3) is 11.5 Å². The van der Waals surface area contributed by atoms with Crippen molar-refractivity contribution in [2.24, 2.45) is 0 Å². The quantitative estimate of drug-likeness (QED) is 0.606. The second kappa shape index (κ2) is 9.56. The minimum atomic E-state index is -0.679. The summed E-state index contributed by atoms with van der Waals surface area (Å²) < 4.78 is 0.893. The third kappa shape index (κ3) is 5.06. The lowest BCUT2D eigenvalue weighted by Crippen LogP contribution is -2.31. The number of carbonyl (C=O) groups is 2. The lowest BCUT2D eigenvalue weighted by molar-refractivity contribution is -0.117. The molecule has 0 saturated carbocycles. The van der Waals surface area contributed by atoms with Crippen LogP contribution < -0.4 is 16.2 Å². The van der Waals surface area contributed by atoms with Crippen LogP contribution in [0.25, 0.3) is 0 Å². The summed E-state index contributed by atoms with van der Waals surface area (Å²) >= 11 is 11.5. The zero-order chi connectivity index (χ0) is 21.7. The Morgan fingerprint density at radius 1 is 1.07 bits per heavy atom. The van der Waals surface area contributed by atoms with Crippen molar-refractivity contribution in [2.45, 2.75) is 19.5 Å². The Morgan fingerprint density at radius 3 is 2.47 bits per heavy atom. The molecule has 2 N–H and O–H groups in total. The first-order chi connectivity index (χ1) is 14.4. The van der Waals surface area contributed by atoms with Gasteiger partial charge >= 0.3 is 0 Å². The molecule has 1 unspecified atom stereocenters. The first-order valence-corrected chi connectivity index (χ1v) is 9.78. The molecule has 1 atom stereocenters. The normalized spacial score (nSPS) is 11.6.